The lowest BCUT2D eigenvalue weighted by molar-refractivity contribution is 0.0681. The molecular weight excluding hydrogens is 282 g/mol. The van der Waals surface area contributed by atoms with Crippen LogP contribution in [0.1, 0.15) is 6.92 Å². The summed E-state index contributed by atoms with van der Waals surface area (Å²) in [7, 11) is 0. The highest BCUT2D eigenvalue weighted by Gasteiger charge is 2.15. The number of nitrogens with zero attached hydrogens (tertiary/aromatic N) is 2. The van der Waals surface area contributed by atoms with E-state index in [1.807, 2.05) is 37.3 Å². The maximum atomic E-state index is 5.35. The summed E-state index contributed by atoms with van der Waals surface area (Å²) in [5, 5.41) is 3.31. The molecule has 0 amide bonds. The van der Waals surface area contributed by atoms with Crippen LogP contribution in [0.15, 0.2) is 35.3 Å². The molecule has 6 heteroatoms. The molecule has 1 N–H and O–H groups in total. The van der Waals surface area contributed by atoms with E-state index in [2.05, 4.69) is 15.2 Å². The van der Waals surface area contributed by atoms with Gasteiger partial charge in [-0.15, -0.1) is 12.4 Å². The highest BCUT2D eigenvalue weighted by molar-refractivity contribution is 7.80. The Morgan fingerprint density at radius 2 is 1.89 bits per heavy atom. The Hall–Kier alpha value is -1.17. The van der Waals surface area contributed by atoms with Gasteiger partial charge in [0, 0.05) is 18.8 Å². The summed E-state index contributed by atoms with van der Waals surface area (Å²) in [6.07, 6.45) is 0. The normalized spacial score (nSPS) is 15.6. The molecule has 0 unspecified atom stereocenters. The number of hydrogen-bond acceptors (Lipinski definition) is 2. The van der Waals surface area contributed by atoms with Crippen LogP contribution in [-0.2, 0) is 4.74 Å². The van der Waals surface area contributed by atoms with Crippen LogP contribution in [-0.4, -0.2) is 42.2 Å². The zero-order valence-electron chi connectivity index (χ0n) is 10.8. The summed E-state index contributed by atoms with van der Waals surface area (Å²) >= 11 is 5.07. The molecule has 1 aliphatic heterocycles. The van der Waals surface area contributed by atoms with Gasteiger partial charge in [0.05, 0.1) is 13.2 Å². The SMILES string of the molecule is CC(=S)N=C(Nc1ccccc1)N1CCOCC1.Cl. The van der Waals surface area contributed by atoms with E-state index < -0.39 is 0 Å². The molecule has 1 saturated heterocycles. The number of halogens is 1. The molecule has 104 valence electrons. The molecule has 0 bridgehead atoms. The Kier molecular flexibility index (Phi) is 6.77. The Balaban J connectivity index is 0.00000180. The lowest BCUT2D eigenvalue weighted by Gasteiger charge is -2.30. The third-order valence-electron chi connectivity index (χ3n) is 2.60. The third kappa shape index (κ3) is 5.14. The minimum Gasteiger partial charge on any atom is -0.378 e. The second kappa shape index (κ2) is 8.09. The minimum absolute atomic E-state index is 0. The van der Waals surface area contributed by atoms with Crippen molar-refractivity contribution in [1.29, 1.82) is 0 Å². The van der Waals surface area contributed by atoms with E-state index in [4.69, 9.17) is 17.0 Å². The zero-order chi connectivity index (χ0) is 12.8. The van der Waals surface area contributed by atoms with Gasteiger partial charge in [-0.2, -0.15) is 0 Å². The molecule has 0 radical (unpaired) electrons. The number of rotatable bonds is 1. The lowest BCUT2D eigenvalue weighted by Crippen LogP contribution is -2.44. The molecule has 0 aliphatic carbocycles. The molecule has 1 aromatic carbocycles. The van der Waals surface area contributed by atoms with E-state index >= 15 is 0 Å². The van der Waals surface area contributed by atoms with Gasteiger partial charge < -0.3 is 15.0 Å². The van der Waals surface area contributed by atoms with E-state index in [9.17, 15) is 0 Å². The number of nitrogens with one attached hydrogen (secondary N) is 1. The van der Waals surface area contributed by atoms with Crippen molar-refractivity contribution in [2.75, 3.05) is 31.6 Å². The van der Waals surface area contributed by atoms with Gasteiger partial charge in [-0.1, -0.05) is 30.4 Å². The molecule has 0 spiro atoms. The fraction of sp³-hybridized carbons (Fsp3) is 0.385. The van der Waals surface area contributed by atoms with Crippen LogP contribution in [0.2, 0.25) is 0 Å². The minimum atomic E-state index is 0. The number of hydrogen-bond donors (Lipinski definition) is 1. The van der Waals surface area contributed by atoms with Crippen molar-refractivity contribution < 1.29 is 4.74 Å². The van der Waals surface area contributed by atoms with Gasteiger partial charge in [0.15, 0.2) is 0 Å². The maximum Gasteiger partial charge on any atom is 0.204 e. The first kappa shape index (κ1) is 15.9. The standard InChI is InChI=1S/C13H17N3OS.ClH/c1-11(18)14-13(16-7-9-17-10-8-16)15-12-5-3-2-4-6-12;/h2-6H,7-10H2,1H3,(H,14,15,18);1H. The van der Waals surface area contributed by atoms with Crippen LogP contribution in [0.4, 0.5) is 5.69 Å². The molecule has 1 heterocycles. The second-order valence-electron chi connectivity index (χ2n) is 4.04. The number of ether oxygens (including phenoxy) is 1. The number of aliphatic imine (C=N–C) groups is 1. The first-order valence-electron chi connectivity index (χ1n) is 6.00. The van der Waals surface area contributed by atoms with Gasteiger partial charge >= 0.3 is 0 Å². The Morgan fingerprint density at radius 3 is 2.47 bits per heavy atom. The van der Waals surface area contributed by atoms with Crippen LogP contribution in [0, 0.1) is 0 Å². The van der Waals surface area contributed by atoms with Crippen molar-refractivity contribution in [3.05, 3.63) is 30.3 Å². The van der Waals surface area contributed by atoms with E-state index in [-0.39, 0.29) is 12.4 Å². The maximum absolute atomic E-state index is 5.35. The van der Waals surface area contributed by atoms with Crippen molar-refractivity contribution >= 4 is 41.3 Å². The van der Waals surface area contributed by atoms with Crippen LogP contribution >= 0.6 is 24.6 Å². The van der Waals surface area contributed by atoms with Gasteiger partial charge in [-0.05, 0) is 19.1 Å². The summed E-state index contributed by atoms with van der Waals surface area (Å²) in [6.45, 7) is 4.95. The summed E-state index contributed by atoms with van der Waals surface area (Å²) in [4.78, 5) is 7.19. The fourth-order valence-electron chi connectivity index (χ4n) is 1.75. The number of morpholine rings is 1. The Labute approximate surface area is 125 Å². The molecule has 19 heavy (non-hydrogen) atoms. The Morgan fingerprint density at radius 1 is 1.26 bits per heavy atom. The van der Waals surface area contributed by atoms with E-state index in [1.165, 1.54) is 0 Å². The number of para-hydroxylation sites is 1. The van der Waals surface area contributed by atoms with Gasteiger partial charge in [-0.3, -0.25) is 0 Å². The van der Waals surface area contributed by atoms with Crippen LogP contribution in [0.25, 0.3) is 0 Å². The Bertz CT molecular complexity index is 433. The van der Waals surface area contributed by atoms with E-state index in [1.54, 1.807) is 0 Å². The predicted molar refractivity (Wildman–Crippen MR) is 85.4 cm³/mol. The smallest absolute Gasteiger partial charge is 0.204 e. The van der Waals surface area contributed by atoms with Crippen molar-refractivity contribution in [2.24, 2.45) is 4.99 Å². The molecule has 0 aromatic heterocycles. The van der Waals surface area contributed by atoms with Crippen molar-refractivity contribution in [3.8, 4) is 0 Å². The van der Waals surface area contributed by atoms with Gasteiger partial charge in [0.25, 0.3) is 0 Å². The molecular formula is C13H18ClN3OS. The van der Waals surface area contributed by atoms with Crippen LogP contribution < -0.4 is 5.32 Å². The lowest BCUT2D eigenvalue weighted by atomic mass is 10.3. The molecule has 2 rings (SSSR count). The first-order chi connectivity index (χ1) is 8.75. The molecule has 0 atom stereocenters. The molecule has 0 saturated carbocycles. The van der Waals surface area contributed by atoms with Gasteiger partial charge in [0.2, 0.25) is 5.96 Å². The zero-order valence-corrected chi connectivity index (χ0v) is 12.5. The highest BCUT2D eigenvalue weighted by atomic mass is 35.5. The fourth-order valence-corrected chi connectivity index (χ4v) is 1.84. The van der Waals surface area contributed by atoms with Gasteiger partial charge in [-0.25, -0.2) is 4.99 Å². The largest absolute Gasteiger partial charge is 0.378 e. The van der Waals surface area contributed by atoms with Gasteiger partial charge in [0.1, 0.15) is 4.99 Å². The van der Waals surface area contributed by atoms with E-state index in [0.717, 1.165) is 38.0 Å². The summed E-state index contributed by atoms with van der Waals surface area (Å²) < 4.78 is 5.35. The van der Waals surface area contributed by atoms with Crippen molar-refractivity contribution in [3.63, 3.8) is 0 Å². The summed E-state index contributed by atoms with van der Waals surface area (Å²) in [5.41, 5.74) is 1.01. The first-order valence-corrected chi connectivity index (χ1v) is 6.40. The van der Waals surface area contributed by atoms with Crippen molar-refractivity contribution in [2.45, 2.75) is 6.92 Å². The molecule has 1 fully saturated rings. The second-order valence-corrected chi connectivity index (χ2v) is 4.64. The molecule has 1 aromatic rings. The number of guanidine groups is 1. The number of benzene rings is 1. The van der Waals surface area contributed by atoms with Crippen molar-refractivity contribution in [1.82, 2.24) is 4.90 Å². The topological polar surface area (TPSA) is 36.9 Å². The average molecular weight is 300 g/mol. The highest BCUT2D eigenvalue weighted by Crippen LogP contribution is 2.08. The number of thiocarbonyl (C=S) groups is 1. The molecule has 4 nitrogen and oxygen atoms in total. The van der Waals surface area contributed by atoms with E-state index in [0.29, 0.717) is 4.99 Å². The summed E-state index contributed by atoms with van der Waals surface area (Å²) in [5.74, 6) is 0.803. The third-order valence-corrected chi connectivity index (χ3v) is 2.70. The van der Waals surface area contributed by atoms with Crippen LogP contribution in [0.5, 0.6) is 0 Å². The summed E-state index contributed by atoms with van der Waals surface area (Å²) in [6, 6.07) is 9.98. The predicted octanol–water partition coefficient (Wildman–Crippen LogP) is 2.56. The quantitative estimate of drug-likeness (QED) is 0.491. The average Bonchev–Trinajstić information content (AvgIpc) is 2.40. The molecule has 1 aliphatic rings. The number of anilines is 1. The monoisotopic (exact) mass is 299 g/mol. The van der Waals surface area contributed by atoms with Crippen LogP contribution in [0.3, 0.4) is 0 Å².